The van der Waals surface area contributed by atoms with E-state index in [1.165, 1.54) is 79.6 Å². The Bertz CT molecular complexity index is 3030. The van der Waals surface area contributed by atoms with Gasteiger partial charge < -0.3 is 9.13 Å². The van der Waals surface area contributed by atoms with Crippen molar-refractivity contribution in [2.75, 3.05) is 0 Å². The minimum atomic E-state index is 1.00. The lowest BCUT2D eigenvalue weighted by Gasteiger charge is -2.12. The largest absolute Gasteiger partial charge is 0.308 e. The van der Waals surface area contributed by atoms with Gasteiger partial charge in [-0.1, -0.05) is 84.9 Å². The number of para-hydroxylation sites is 3. The van der Waals surface area contributed by atoms with Crippen molar-refractivity contribution in [3.05, 3.63) is 134 Å². The number of fused-ring (bicyclic) bond motifs is 15. The molecule has 0 unspecified atom stereocenters. The molecule has 6 heteroatoms. The number of rotatable bonds is 2. The number of hydrogen-bond acceptors (Lipinski definition) is 4. The van der Waals surface area contributed by atoms with Gasteiger partial charge in [0.2, 0.25) is 0 Å². The molecule has 11 aromatic rings. The molecule has 5 aromatic heterocycles. The summed E-state index contributed by atoms with van der Waals surface area (Å²) in [5.74, 6) is 0. The zero-order chi connectivity index (χ0) is 29.9. The summed E-state index contributed by atoms with van der Waals surface area (Å²) in [6.45, 7) is 0. The van der Waals surface area contributed by atoms with E-state index in [2.05, 4.69) is 135 Å². The summed E-state index contributed by atoms with van der Waals surface area (Å²) in [5, 5.41) is 8.79. The Labute approximate surface area is 270 Å². The first-order chi connectivity index (χ1) is 22.9. The molecule has 0 spiro atoms. The van der Waals surface area contributed by atoms with Crippen molar-refractivity contribution in [1.82, 2.24) is 19.1 Å². The number of thiophene rings is 2. The lowest BCUT2D eigenvalue weighted by atomic mass is 10.0. The maximum Gasteiger partial charge on any atom is 0.116 e. The highest BCUT2D eigenvalue weighted by Gasteiger charge is 2.27. The molecule has 11 rings (SSSR count). The van der Waals surface area contributed by atoms with Crippen molar-refractivity contribution in [3.8, 4) is 11.4 Å². The van der Waals surface area contributed by atoms with Crippen LogP contribution in [-0.2, 0) is 0 Å². The van der Waals surface area contributed by atoms with Gasteiger partial charge in [-0.25, -0.2) is 9.97 Å². The highest BCUT2D eigenvalue weighted by atomic mass is 32.1. The van der Waals surface area contributed by atoms with Gasteiger partial charge in [0.15, 0.2) is 0 Å². The smallest absolute Gasteiger partial charge is 0.116 e. The van der Waals surface area contributed by atoms with Crippen LogP contribution in [0.1, 0.15) is 0 Å². The van der Waals surface area contributed by atoms with Crippen LogP contribution in [0.15, 0.2) is 134 Å². The first-order valence-corrected chi connectivity index (χ1v) is 17.0. The lowest BCUT2D eigenvalue weighted by molar-refractivity contribution is 1.18. The summed E-state index contributed by atoms with van der Waals surface area (Å²) in [6, 6.07) is 44.1. The summed E-state index contributed by atoms with van der Waals surface area (Å²) in [6.07, 6.45) is 3.66. The molecule has 0 saturated heterocycles. The van der Waals surface area contributed by atoms with Crippen molar-refractivity contribution in [1.29, 1.82) is 0 Å². The standard InChI is InChI=1S/C40H22N4S2/c1-2-11-23(12-3-1)43-28-17-7-4-14-26(28)33-37-34(40-35(38(33)43)36-32(46-40)21-41-22-42-36)27-15-5-8-18-29(27)44(37)30-19-10-16-25-24-13-6-9-20-31(24)45-39(25)30/h1-22H. The van der Waals surface area contributed by atoms with E-state index in [9.17, 15) is 0 Å². The topological polar surface area (TPSA) is 35.6 Å². The quantitative estimate of drug-likeness (QED) is 0.192. The average molecular weight is 623 g/mol. The fraction of sp³-hybridized carbons (Fsp3) is 0. The third kappa shape index (κ3) is 3.07. The zero-order valence-corrected chi connectivity index (χ0v) is 25.9. The highest BCUT2D eigenvalue weighted by molar-refractivity contribution is 7.27. The van der Waals surface area contributed by atoms with E-state index in [0.717, 1.165) is 15.9 Å². The number of benzene rings is 6. The van der Waals surface area contributed by atoms with Gasteiger partial charge in [0.1, 0.15) is 6.33 Å². The van der Waals surface area contributed by atoms with Crippen molar-refractivity contribution in [3.63, 3.8) is 0 Å². The van der Waals surface area contributed by atoms with Crippen molar-refractivity contribution in [2.24, 2.45) is 0 Å². The molecular weight excluding hydrogens is 601 g/mol. The SMILES string of the molecule is c1ccc(-n2c3ccccc3c3c4c(c5ccccc5n4-c4cccc5c4sc4ccccc45)c4sc5cncnc5c4c32)cc1. The van der Waals surface area contributed by atoms with Crippen LogP contribution < -0.4 is 0 Å². The second-order valence-electron chi connectivity index (χ2n) is 11.8. The molecule has 0 saturated carbocycles. The van der Waals surface area contributed by atoms with Crippen molar-refractivity contribution >= 4 is 107 Å². The Morgan fingerprint density at radius 1 is 0.478 bits per heavy atom. The van der Waals surface area contributed by atoms with E-state index in [1.54, 1.807) is 17.7 Å². The second kappa shape index (κ2) is 9.01. The van der Waals surface area contributed by atoms with Crippen LogP contribution in [0.3, 0.4) is 0 Å². The molecule has 214 valence electrons. The van der Waals surface area contributed by atoms with Crippen molar-refractivity contribution < 1.29 is 0 Å². The fourth-order valence-electron chi connectivity index (χ4n) is 7.67. The predicted molar refractivity (Wildman–Crippen MR) is 196 cm³/mol. The van der Waals surface area contributed by atoms with Gasteiger partial charge in [0, 0.05) is 59.0 Å². The molecule has 0 atom stereocenters. The molecule has 0 aliphatic rings. The van der Waals surface area contributed by atoms with E-state index in [4.69, 9.17) is 4.98 Å². The lowest BCUT2D eigenvalue weighted by Crippen LogP contribution is -1.96. The third-order valence-electron chi connectivity index (χ3n) is 9.44. The number of aromatic nitrogens is 4. The summed E-state index contributed by atoms with van der Waals surface area (Å²) in [7, 11) is 0. The van der Waals surface area contributed by atoms with Gasteiger partial charge in [0.25, 0.3) is 0 Å². The molecule has 0 amide bonds. The summed E-state index contributed by atoms with van der Waals surface area (Å²) in [4.78, 5) is 9.37. The van der Waals surface area contributed by atoms with Crippen LogP contribution in [0, 0.1) is 0 Å². The third-order valence-corrected chi connectivity index (χ3v) is 11.8. The minimum absolute atomic E-state index is 1.00. The van der Waals surface area contributed by atoms with E-state index in [1.807, 2.05) is 17.5 Å². The zero-order valence-electron chi connectivity index (χ0n) is 24.3. The van der Waals surface area contributed by atoms with Crippen LogP contribution in [0.5, 0.6) is 0 Å². The molecule has 6 aromatic carbocycles. The molecule has 46 heavy (non-hydrogen) atoms. The van der Waals surface area contributed by atoms with Gasteiger partial charge in [-0.2, -0.15) is 0 Å². The van der Waals surface area contributed by atoms with Crippen LogP contribution in [0.4, 0.5) is 0 Å². The Morgan fingerprint density at radius 3 is 1.98 bits per heavy atom. The first-order valence-electron chi connectivity index (χ1n) is 15.3. The van der Waals surface area contributed by atoms with Gasteiger partial charge in [-0.3, -0.25) is 0 Å². The summed E-state index contributed by atoms with van der Waals surface area (Å²) in [5.41, 5.74) is 8.16. The Hall–Kier alpha value is -5.56. The molecular formula is C40H22N4S2. The summed E-state index contributed by atoms with van der Waals surface area (Å²) >= 11 is 3.68. The Balaban J connectivity index is 1.49. The maximum atomic E-state index is 4.92. The predicted octanol–water partition coefficient (Wildman–Crippen LogP) is 11.4. The molecule has 0 radical (unpaired) electrons. The van der Waals surface area contributed by atoms with Gasteiger partial charge >= 0.3 is 0 Å². The molecule has 0 aliphatic carbocycles. The molecule has 4 nitrogen and oxygen atoms in total. The number of hydrogen-bond donors (Lipinski definition) is 0. The van der Waals surface area contributed by atoms with Crippen LogP contribution in [0.25, 0.3) is 95.5 Å². The average Bonchev–Trinajstić information content (AvgIpc) is 3.86. The van der Waals surface area contributed by atoms with E-state index < -0.39 is 0 Å². The van der Waals surface area contributed by atoms with Crippen LogP contribution in [0.2, 0.25) is 0 Å². The minimum Gasteiger partial charge on any atom is -0.308 e. The maximum absolute atomic E-state index is 4.92. The normalized spacial score (nSPS) is 12.3. The van der Waals surface area contributed by atoms with Gasteiger partial charge in [-0.05, 0) is 36.4 Å². The molecule has 5 heterocycles. The van der Waals surface area contributed by atoms with Crippen LogP contribution >= 0.6 is 22.7 Å². The molecule has 0 N–H and O–H groups in total. The van der Waals surface area contributed by atoms with E-state index in [0.29, 0.717) is 0 Å². The molecule has 0 aliphatic heterocycles. The fourth-order valence-corrected chi connectivity index (χ4v) is 10.1. The van der Waals surface area contributed by atoms with Crippen molar-refractivity contribution in [2.45, 2.75) is 0 Å². The Kier molecular flexibility index (Phi) is 4.84. The Morgan fingerprint density at radius 2 is 1.13 bits per heavy atom. The molecule has 0 fully saturated rings. The highest BCUT2D eigenvalue weighted by Crippen LogP contribution is 2.51. The monoisotopic (exact) mass is 622 g/mol. The van der Waals surface area contributed by atoms with Gasteiger partial charge in [-0.15, -0.1) is 22.7 Å². The molecule has 0 bridgehead atoms. The number of nitrogens with zero attached hydrogens (tertiary/aromatic N) is 4. The van der Waals surface area contributed by atoms with Crippen LogP contribution in [-0.4, -0.2) is 19.1 Å². The van der Waals surface area contributed by atoms with E-state index >= 15 is 0 Å². The second-order valence-corrected chi connectivity index (χ2v) is 13.9. The van der Waals surface area contributed by atoms with E-state index in [-0.39, 0.29) is 0 Å². The first kappa shape index (κ1) is 24.7. The summed E-state index contributed by atoms with van der Waals surface area (Å²) < 4.78 is 9.94. The van der Waals surface area contributed by atoms with Gasteiger partial charge in [0.05, 0.1) is 42.7 Å².